The Bertz CT molecular complexity index is 917. The molecule has 2 rings (SSSR count). The van der Waals surface area contributed by atoms with Crippen LogP contribution in [0.3, 0.4) is 0 Å². The number of nitrogens with one attached hydrogen (secondary N) is 1. The van der Waals surface area contributed by atoms with Crippen LogP contribution in [0.2, 0.25) is 0 Å². The summed E-state index contributed by atoms with van der Waals surface area (Å²) in [7, 11) is 4.56. The van der Waals surface area contributed by atoms with E-state index < -0.39 is 5.91 Å². The average Bonchev–Trinajstić information content (AvgIpc) is 2.80. The van der Waals surface area contributed by atoms with Crippen molar-refractivity contribution in [3.63, 3.8) is 0 Å². The SMILES string of the molecule is CCOc1cc(C(=O)N/N=C/c2ccc(OC)c(OC)c2OC)cc(OCC)c1OCC. The Kier molecular flexibility index (Phi) is 9.46. The average molecular weight is 447 g/mol. The predicted molar refractivity (Wildman–Crippen MR) is 121 cm³/mol. The topological polar surface area (TPSA) is 96.8 Å². The van der Waals surface area contributed by atoms with Crippen LogP contribution in [-0.2, 0) is 0 Å². The zero-order valence-corrected chi connectivity index (χ0v) is 19.3. The summed E-state index contributed by atoms with van der Waals surface area (Å²) in [5.74, 6) is 2.26. The normalized spacial score (nSPS) is 10.6. The van der Waals surface area contributed by atoms with Crippen LogP contribution in [0.15, 0.2) is 29.4 Å². The number of hydrogen-bond donors (Lipinski definition) is 1. The van der Waals surface area contributed by atoms with Crippen molar-refractivity contribution < 1.29 is 33.2 Å². The number of benzene rings is 2. The molecule has 32 heavy (non-hydrogen) atoms. The minimum Gasteiger partial charge on any atom is -0.493 e. The van der Waals surface area contributed by atoms with Gasteiger partial charge in [-0.05, 0) is 45.0 Å². The van der Waals surface area contributed by atoms with E-state index in [-0.39, 0.29) is 0 Å². The second-order valence-electron chi connectivity index (χ2n) is 6.22. The van der Waals surface area contributed by atoms with Gasteiger partial charge in [-0.25, -0.2) is 5.43 Å². The van der Waals surface area contributed by atoms with Crippen molar-refractivity contribution in [1.82, 2.24) is 5.43 Å². The molecule has 0 heterocycles. The highest BCUT2D eigenvalue weighted by Crippen LogP contribution is 2.40. The van der Waals surface area contributed by atoms with E-state index in [1.165, 1.54) is 27.5 Å². The molecular weight excluding hydrogens is 416 g/mol. The second kappa shape index (κ2) is 12.3. The number of carbonyl (C=O) groups excluding carboxylic acids is 1. The van der Waals surface area contributed by atoms with E-state index in [1.807, 2.05) is 20.8 Å². The first-order valence-electron chi connectivity index (χ1n) is 10.2. The molecule has 1 N–H and O–H groups in total. The highest BCUT2D eigenvalue weighted by atomic mass is 16.5. The Morgan fingerprint density at radius 3 is 1.91 bits per heavy atom. The van der Waals surface area contributed by atoms with E-state index in [4.69, 9.17) is 28.4 Å². The van der Waals surface area contributed by atoms with Crippen LogP contribution in [0, 0.1) is 0 Å². The number of amides is 1. The van der Waals surface area contributed by atoms with Gasteiger partial charge in [-0.1, -0.05) is 0 Å². The van der Waals surface area contributed by atoms with Gasteiger partial charge >= 0.3 is 0 Å². The third kappa shape index (κ3) is 5.75. The molecule has 0 aromatic heterocycles. The predicted octanol–water partition coefficient (Wildman–Crippen LogP) is 3.67. The lowest BCUT2D eigenvalue weighted by Gasteiger charge is -2.16. The van der Waals surface area contributed by atoms with Crippen LogP contribution in [0.1, 0.15) is 36.7 Å². The van der Waals surface area contributed by atoms with E-state index in [1.54, 1.807) is 24.3 Å². The van der Waals surface area contributed by atoms with Gasteiger partial charge in [-0.3, -0.25) is 4.79 Å². The molecule has 0 saturated heterocycles. The van der Waals surface area contributed by atoms with Crippen molar-refractivity contribution in [1.29, 1.82) is 0 Å². The third-order valence-electron chi connectivity index (χ3n) is 4.28. The third-order valence-corrected chi connectivity index (χ3v) is 4.28. The Morgan fingerprint density at radius 1 is 0.812 bits per heavy atom. The molecule has 174 valence electrons. The summed E-state index contributed by atoms with van der Waals surface area (Å²) in [5.41, 5.74) is 3.42. The fraction of sp³-hybridized carbons (Fsp3) is 0.391. The molecule has 0 aliphatic heterocycles. The maximum Gasteiger partial charge on any atom is 0.271 e. The first-order chi connectivity index (χ1) is 15.5. The summed E-state index contributed by atoms with van der Waals surface area (Å²) in [4.78, 5) is 12.7. The van der Waals surface area contributed by atoms with E-state index >= 15 is 0 Å². The van der Waals surface area contributed by atoms with Crippen LogP contribution in [-0.4, -0.2) is 53.3 Å². The maximum absolute atomic E-state index is 12.7. The van der Waals surface area contributed by atoms with Crippen molar-refractivity contribution in [3.05, 3.63) is 35.4 Å². The van der Waals surface area contributed by atoms with Crippen LogP contribution in [0.25, 0.3) is 0 Å². The standard InChI is InChI=1S/C23H30N2O7/c1-7-30-18-12-16(13-19(31-8-2)21(18)32-9-3)23(26)25-24-14-15-10-11-17(27-4)22(29-6)20(15)28-5/h10-14H,7-9H2,1-6H3,(H,25,26)/b24-14+. The fourth-order valence-electron chi connectivity index (χ4n) is 2.97. The highest BCUT2D eigenvalue weighted by Gasteiger charge is 2.18. The number of carbonyl (C=O) groups is 1. The molecule has 2 aromatic rings. The molecule has 0 aliphatic rings. The number of ether oxygens (including phenoxy) is 6. The highest BCUT2D eigenvalue weighted by molar-refractivity contribution is 5.96. The van der Waals surface area contributed by atoms with Gasteiger partial charge in [0.05, 0.1) is 47.4 Å². The first-order valence-corrected chi connectivity index (χ1v) is 10.2. The van der Waals surface area contributed by atoms with Crippen molar-refractivity contribution in [2.45, 2.75) is 20.8 Å². The first kappa shape index (κ1) is 24.6. The number of hydrogen-bond acceptors (Lipinski definition) is 8. The molecule has 0 saturated carbocycles. The minimum absolute atomic E-state index is 0.316. The van der Waals surface area contributed by atoms with Gasteiger partial charge in [-0.2, -0.15) is 5.10 Å². The van der Waals surface area contributed by atoms with Gasteiger partial charge in [0, 0.05) is 11.1 Å². The van der Waals surface area contributed by atoms with Gasteiger partial charge in [0.25, 0.3) is 5.91 Å². The largest absolute Gasteiger partial charge is 0.493 e. The van der Waals surface area contributed by atoms with Gasteiger partial charge in [0.15, 0.2) is 23.0 Å². The van der Waals surface area contributed by atoms with Crippen LogP contribution in [0.5, 0.6) is 34.5 Å². The molecule has 0 aliphatic carbocycles. The lowest BCUT2D eigenvalue weighted by atomic mass is 10.1. The van der Waals surface area contributed by atoms with Crippen LogP contribution in [0.4, 0.5) is 0 Å². The van der Waals surface area contributed by atoms with Crippen LogP contribution >= 0.6 is 0 Å². The monoisotopic (exact) mass is 446 g/mol. The summed E-state index contributed by atoms with van der Waals surface area (Å²) >= 11 is 0. The summed E-state index contributed by atoms with van der Waals surface area (Å²) in [5, 5.41) is 4.05. The Balaban J connectivity index is 2.30. The second-order valence-corrected chi connectivity index (χ2v) is 6.22. The van der Waals surface area contributed by atoms with Crippen LogP contribution < -0.4 is 33.8 Å². The van der Waals surface area contributed by atoms with E-state index in [0.29, 0.717) is 65.4 Å². The number of nitrogens with zero attached hydrogens (tertiary/aromatic N) is 1. The Labute approximate surface area is 188 Å². The molecule has 0 radical (unpaired) electrons. The maximum atomic E-state index is 12.7. The quantitative estimate of drug-likeness (QED) is 0.392. The molecule has 0 unspecified atom stereocenters. The number of methoxy groups -OCH3 is 3. The van der Waals surface area contributed by atoms with E-state index in [9.17, 15) is 4.79 Å². The molecule has 0 fully saturated rings. The zero-order chi connectivity index (χ0) is 23.5. The van der Waals surface area contributed by atoms with E-state index in [0.717, 1.165) is 0 Å². The molecule has 0 spiro atoms. The zero-order valence-electron chi connectivity index (χ0n) is 19.3. The molecular formula is C23H30N2O7. The Hall–Kier alpha value is -3.62. The van der Waals surface area contributed by atoms with E-state index in [2.05, 4.69) is 10.5 Å². The number of hydrazone groups is 1. The van der Waals surface area contributed by atoms with Gasteiger partial charge in [0.1, 0.15) is 0 Å². The molecule has 9 heteroatoms. The fourth-order valence-corrected chi connectivity index (χ4v) is 2.97. The summed E-state index contributed by atoms with van der Waals surface area (Å²) in [6.07, 6.45) is 1.46. The van der Waals surface area contributed by atoms with Crippen molar-refractivity contribution in [2.24, 2.45) is 5.10 Å². The van der Waals surface area contributed by atoms with Gasteiger partial charge in [-0.15, -0.1) is 0 Å². The molecule has 0 atom stereocenters. The summed E-state index contributed by atoms with van der Waals surface area (Å²) in [6, 6.07) is 6.66. The van der Waals surface area contributed by atoms with Crippen molar-refractivity contribution in [2.75, 3.05) is 41.2 Å². The van der Waals surface area contributed by atoms with Gasteiger partial charge < -0.3 is 28.4 Å². The molecule has 2 aromatic carbocycles. The van der Waals surface area contributed by atoms with Gasteiger partial charge in [0.2, 0.25) is 11.5 Å². The van der Waals surface area contributed by atoms with Crippen molar-refractivity contribution >= 4 is 12.1 Å². The minimum atomic E-state index is -0.439. The summed E-state index contributed by atoms with van der Waals surface area (Å²) in [6.45, 7) is 6.82. The van der Waals surface area contributed by atoms with Crippen molar-refractivity contribution in [3.8, 4) is 34.5 Å². The molecule has 1 amide bonds. The lowest BCUT2D eigenvalue weighted by molar-refractivity contribution is 0.0954. The number of rotatable bonds is 12. The summed E-state index contributed by atoms with van der Waals surface area (Å²) < 4.78 is 33.0. The molecule has 9 nitrogen and oxygen atoms in total. The Morgan fingerprint density at radius 2 is 1.41 bits per heavy atom. The smallest absolute Gasteiger partial charge is 0.271 e. The molecule has 0 bridgehead atoms. The lowest BCUT2D eigenvalue weighted by Crippen LogP contribution is -2.18.